The fourth-order valence-corrected chi connectivity index (χ4v) is 4.53. The van der Waals surface area contributed by atoms with Crippen LogP contribution in [-0.4, -0.2) is 27.1 Å². The third-order valence-corrected chi connectivity index (χ3v) is 6.13. The van der Waals surface area contributed by atoms with Crippen LogP contribution < -0.4 is 9.62 Å². The maximum absolute atomic E-state index is 12.4. The van der Waals surface area contributed by atoms with Crippen LogP contribution in [0, 0.1) is 27.7 Å². The highest BCUT2D eigenvalue weighted by atomic mass is 32.2. The van der Waals surface area contributed by atoms with Gasteiger partial charge < -0.3 is 5.32 Å². The van der Waals surface area contributed by atoms with Gasteiger partial charge in [0.1, 0.15) is 0 Å². The molecule has 2 aromatic rings. The second-order valence-corrected chi connectivity index (χ2v) is 9.84. The third kappa shape index (κ3) is 6.60. The number of anilines is 1. The SMILES string of the molecule is Cc1cc(C)cc(N(CCCC(=O)N[C@@H](C)c2cc(C)ccc2C)S(C)(=O)=O)c1. The van der Waals surface area contributed by atoms with Gasteiger partial charge >= 0.3 is 0 Å². The number of aryl methyl sites for hydroxylation is 4. The van der Waals surface area contributed by atoms with Gasteiger partial charge in [0.15, 0.2) is 0 Å². The van der Waals surface area contributed by atoms with Crippen molar-refractivity contribution >= 4 is 21.6 Å². The quantitative estimate of drug-likeness (QED) is 0.696. The molecule has 0 aliphatic rings. The zero-order chi connectivity index (χ0) is 21.8. The fourth-order valence-electron chi connectivity index (χ4n) is 3.58. The van der Waals surface area contributed by atoms with E-state index in [0.29, 0.717) is 12.1 Å². The largest absolute Gasteiger partial charge is 0.350 e. The molecule has 0 fully saturated rings. The smallest absolute Gasteiger partial charge is 0.232 e. The Morgan fingerprint density at radius 1 is 1.00 bits per heavy atom. The van der Waals surface area contributed by atoms with Crippen molar-refractivity contribution in [1.82, 2.24) is 5.32 Å². The van der Waals surface area contributed by atoms with Gasteiger partial charge in [0.05, 0.1) is 18.0 Å². The lowest BCUT2D eigenvalue weighted by molar-refractivity contribution is -0.121. The molecule has 0 unspecified atom stereocenters. The maximum atomic E-state index is 12.4. The van der Waals surface area contributed by atoms with Crippen molar-refractivity contribution in [2.75, 3.05) is 17.1 Å². The molecular weight excluding hydrogens is 384 g/mol. The number of nitrogens with one attached hydrogen (secondary N) is 1. The Morgan fingerprint density at radius 2 is 1.62 bits per heavy atom. The second-order valence-electron chi connectivity index (χ2n) is 7.93. The zero-order valence-corrected chi connectivity index (χ0v) is 19.1. The number of carbonyl (C=O) groups is 1. The Kier molecular flexibility index (Phi) is 7.47. The van der Waals surface area contributed by atoms with Gasteiger partial charge in [-0.2, -0.15) is 0 Å². The molecule has 0 spiro atoms. The standard InChI is InChI=1S/C23H32N2O3S/c1-16-9-10-19(4)22(15-16)20(5)24-23(26)8-7-11-25(29(6,27)28)21-13-17(2)12-18(3)14-21/h9-10,12-15,20H,7-8,11H2,1-6H3,(H,24,26)/t20-/m0/s1. The summed E-state index contributed by atoms with van der Waals surface area (Å²) in [5.74, 6) is -0.0766. The molecule has 0 radical (unpaired) electrons. The Balaban J connectivity index is 2.00. The highest BCUT2D eigenvalue weighted by molar-refractivity contribution is 7.92. The van der Waals surface area contributed by atoms with Crippen LogP contribution in [0.5, 0.6) is 0 Å². The molecule has 2 rings (SSSR count). The lowest BCUT2D eigenvalue weighted by atomic mass is 10.00. The van der Waals surface area contributed by atoms with Crippen LogP contribution in [-0.2, 0) is 14.8 Å². The molecule has 158 valence electrons. The van der Waals surface area contributed by atoms with Gasteiger partial charge in [-0.05, 0) is 75.4 Å². The van der Waals surface area contributed by atoms with Crippen molar-refractivity contribution in [3.63, 3.8) is 0 Å². The van der Waals surface area contributed by atoms with Crippen LogP contribution >= 0.6 is 0 Å². The van der Waals surface area contributed by atoms with Crippen molar-refractivity contribution < 1.29 is 13.2 Å². The number of hydrogen-bond acceptors (Lipinski definition) is 3. The number of hydrogen-bond donors (Lipinski definition) is 1. The molecule has 0 bridgehead atoms. The molecule has 0 heterocycles. The number of amides is 1. The topological polar surface area (TPSA) is 66.5 Å². The van der Waals surface area contributed by atoms with E-state index in [1.807, 2.05) is 52.8 Å². The normalized spacial score (nSPS) is 12.5. The van der Waals surface area contributed by atoms with Crippen LogP contribution in [0.1, 0.15) is 53.6 Å². The van der Waals surface area contributed by atoms with Crippen molar-refractivity contribution in [3.05, 3.63) is 64.2 Å². The van der Waals surface area contributed by atoms with Crippen molar-refractivity contribution in [3.8, 4) is 0 Å². The highest BCUT2D eigenvalue weighted by Crippen LogP contribution is 2.22. The Bertz CT molecular complexity index is 963. The summed E-state index contributed by atoms with van der Waals surface area (Å²) in [5, 5.41) is 3.03. The van der Waals surface area contributed by atoms with Gasteiger partial charge in [0.2, 0.25) is 15.9 Å². The summed E-state index contributed by atoms with van der Waals surface area (Å²) in [4.78, 5) is 12.4. The molecule has 0 aliphatic heterocycles. The van der Waals surface area contributed by atoms with Gasteiger partial charge in [-0.1, -0.05) is 29.8 Å². The summed E-state index contributed by atoms with van der Waals surface area (Å²) in [6, 6.07) is 11.8. The Morgan fingerprint density at radius 3 is 2.21 bits per heavy atom. The van der Waals surface area contributed by atoms with Crippen LogP contribution in [0.3, 0.4) is 0 Å². The molecule has 0 saturated carbocycles. The molecule has 29 heavy (non-hydrogen) atoms. The minimum Gasteiger partial charge on any atom is -0.350 e. The number of nitrogens with zero attached hydrogens (tertiary/aromatic N) is 1. The van der Waals surface area contributed by atoms with E-state index in [9.17, 15) is 13.2 Å². The van der Waals surface area contributed by atoms with E-state index in [4.69, 9.17) is 0 Å². The first-order valence-electron chi connectivity index (χ1n) is 9.90. The summed E-state index contributed by atoms with van der Waals surface area (Å²) in [7, 11) is -3.42. The Labute approximate surface area is 175 Å². The minimum atomic E-state index is -3.42. The zero-order valence-electron chi connectivity index (χ0n) is 18.2. The molecule has 0 saturated heterocycles. The fraction of sp³-hybridized carbons (Fsp3) is 0.435. The van der Waals surface area contributed by atoms with Gasteiger partial charge in [0, 0.05) is 13.0 Å². The summed E-state index contributed by atoms with van der Waals surface area (Å²) in [6.45, 7) is 10.2. The van der Waals surface area contributed by atoms with E-state index in [0.717, 1.165) is 27.8 Å². The van der Waals surface area contributed by atoms with E-state index in [-0.39, 0.29) is 24.9 Å². The van der Waals surface area contributed by atoms with E-state index in [1.165, 1.54) is 10.6 Å². The first-order chi connectivity index (χ1) is 13.5. The number of carbonyl (C=O) groups excluding carboxylic acids is 1. The summed E-state index contributed by atoms with van der Waals surface area (Å²) in [6.07, 6.45) is 1.92. The lowest BCUT2D eigenvalue weighted by Gasteiger charge is -2.23. The van der Waals surface area contributed by atoms with E-state index >= 15 is 0 Å². The molecule has 0 aromatic heterocycles. The van der Waals surface area contributed by atoms with Crippen LogP contribution in [0.15, 0.2) is 36.4 Å². The van der Waals surface area contributed by atoms with Gasteiger partial charge in [-0.3, -0.25) is 9.10 Å². The highest BCUT2D eigenvalue weighted by Gasteiger charge is 2.19. The number of sulfonamides is 1. The summed E-state index contributed by atoms with van der Waals surface area (Å²) in [5.41, 5.74) is 6.06. The van der Waals surface area contributed by atoms with Gasteiger partial charge in [-0.25, -0.2) is 8.42 Å². The van der Waals surface area contributed by atoms with Gasteiger partial charge in [0.25, 0.3) is 0 Å². The third-order valence-electron chi connectivity index (χ3n) is 4.94. The average molecular weight is 417 g/mol. The predicted molar refractivity (Wildman–Crippen MR) is 120 cm³/mol. The molecular formula is C23H32N2O3S. The molecule has 1 N–H and O–H groups in total. The molecule has 1 atom stereocenters. The molecule has 1 amide bonds. The lowest BCUT2D eigenvalue weighted by Crippen LogP contribution is -2.32. The summed E-state index contributed by atoms with van der Waals surface area (Å²) >= 11 is 0. The number of rotatable bonds is 8. The first kappa shape index (κ1) is 22.9. The van der Waals surface area contributed by atoms with Gasteiger partial charge in [-0.15, -0.1) is 0 Å². The van der Waals surface area contributed by atoms with E-state index in [2.05, 4.69) is 23.5 Å². The monoisotopic (exact) mass is 416 g/mol. The van der Waals surface area contributed by atoms with Crippen LogP contribution in [0.2, 0.25) is 0 Å². The first-order valence-corrected chi connectivity index (χ1v) is 11.7. The second kappa shape index (κ2) is 9.44. The summed E-state index contributed by atoms with van der Waals surface area (Å²) < 4.78 is 26.0. The molecule has 0 aliphatic carbocycles. The minimum absolute atomic E-state index is 0.0766. The molecule has 5 nitrogen and oxygen atoms in total. The maximum Gasteiger partial charge on any atom is 0.232 e. The Hall–Kier alpha value is -2.34. The molecule has 6 heteroatoms. The van der Waals surface area contributed by atoms with Crippen molar-refractivity contribution in [1.29, 1.82) is 0 Å². The van der Waals surface area contributed by atoms with E-state index < -0.39 is 10.0 Å². The van der Waals surface area contributed by atoms with Crippen LogP contribution in [0.25, 0.3) is 0 Å². The predicted octanol–water partition coefficient (Wildman–Crippen LogP) is 4.34. The number of benzene rings is 2. The molecule has 2 aromatic carbocycles. The van der Waals surface area contributed by atoms with E-state index in [1.54, 1.807) is 0 Å². The average Bonchev–Trinajstić information content (AvgIpc) is 2.58. The van der Waals surface area contributed by atoms with Crippen LogP contribution in [0.4, 0.5) is 5.69 Å². The van der Waals surface area contributed by atoms with Crippen molar-refractivity contribution in [2.45, 2.75) is 53.5 Å². The van der Waals surface area contributed by atoms with Crippen molar-refractivity contribution in [2.24, 2.45) is 0 Å².